The fourth-order valence-electron chi connectivity index (χ4n) is 1.65. The fraction of sp³-hybridized carbons (Fsp3) is 0.0714. The topological polar surface area (TPSA) is 56.0 Å². The van der Waals surface area contributed by atoms with Crippen LogP contribution in [0.25, 0.3) is 0 Å². The number of hydrogen-bond acceptors (Lipinski definition) is 3. The van der Waals surface area contributed by atoms with Crippen LogP contribution in [0.3, 0.4) is 0 Å². The lowest BCUT2D eigenvalue weighted by molar-refractivity contribution is 0.469. The lowest BCUT2D eigenvalue weighted by Gasteiger charge is -2.10. The van der Waals surface area contributed by atoms with Crippen LogP contribution >= 0.6 is 31.9 Å². The Kier molecular flexibility index (Phi) is 4.46. The van der Waals surface area contributed by atoms with Gasteiger partial charge in [0.2, 0.25) is 0 Å². The van der Waals surface area contributed by atoms with Crippen LogP contribution in [-0.2, 0) is 6.54 Å². The Labute approximate surface area is 128 Å². The zero-order valence-corrected chi connectivity index (χ0v) is 13.0. The molecular formula is C14H10Br2N2O. The molecule has 19 heavy (non-hydrogen) atoms. The zero-order chi connectivity index (χ0) is 13.8. The molecule has 0 spiro atoms. The first-order chi connectivity index (χ1) is 9.10. The van der Waals surface area contributed by atoms with Crippen molar-refractivity contribution in [2.24, 2.45) is 0 Å². The molecule has 2 rings (SSSR count). The van der Waals surface area contributed by atoms with E-state index in [0.717, 1.165) is 20.2 Å². The van der Waals surface area contributed by atoms with Gasteiger partial charge in [-0.15, -0.1) is 0 Å². The van der Waals surface area contributed by atoms with Crippen LogP contribution in [0.2, 0.25) is 0 Å². The van der Waals surface area contributed by atoms with E-state index in [1.807, 2.05) is 18.2 Å². The molecule has 0 amide bonds. The van der Waals surface area contributed by atoms with Crippen LogP contribution < -0.4 is 5.32 Å². The second-order valence-electron chi connectivity index (χ2n) is 3.93. The van der Waals surface area contributed by atoms with Crippen molar-refractivity contribution in [1.82, 2.24) is 0 Å². The molecule has 0 unspecified atom stereocenters. The minimum atomic E-state index is 0.226. The van der Waals surface area contributed by atoms with Gasteiger partial charge in [0.15, 0.2) is 0 Å². The van der Waals surface area contributed by atoms with Crippen molar-refractivity contribution in [3.8, 4) is 11.8 Å². The normalized spacial score (nSPS) is 9.95. The highest BCUT2D eigenvalue weighted by atomic mass is 79.9. The van der Waals surface area contributed by atoms with Crippen LogP contribution in [0.5, 0.6) is 5.75 Å². The maximum atomic E-state index is 9.76. The molecular weight excluding hydrogens is 372 g/mol. The van der Waals surface area contributed by atoms with Crippen LogP contribution in [0.15, 0.2) is 45.3 Å². The zero-order valence-electron chi connectivity index (χ0n) is 9.82. The van der Waals surface area contributed by atoms with Gasteiger partial charge in [-0.05, 0) is 36.4 Å². The lowest BCUT2D eigenvalue weighted by Crippen LogP contribution is -2.01. The number of aromatic hydroxyl groups is 1. The first-order valence-corrected chi connectivity index (χ1v) is 7.09. The first kappa shape index (κ1) is 13.9. The summed E-state index contributed by atoms with van der Waals surface area (Å²) in [4.78, 5) is 0. The average Bonchev–Trinajstić information content (AvgIpc) is 2.40. The third-order valence-electron chi connectivity index (χ3n) is 2.61. The number of anilines is 1. The largest absolute Gasteiger partial charge is 0.508 e. The van der Waals surface area contributed by atoms with E-state index in [9.17, 15) is 5.11 Å². The summed E-state index contributed by atoms with van der Waals surface area (Å²) in [5.41, 5.74) is 2.06. The molecule has 0 bridgehead atoms. The fourth-order valence-corrected chi connectivity index (χ4v) is 2.42. The van der Waals surface area contributed by atoms with E-state index in [0.29, 0.717) is 12.1 Å². The van der Waals surface area contributed by atoms with E-state index in [4.69, 9.17) is 5.26 Å². The average molecular weight is 382 g/mol. The molecule has 0 aliphatic heterocycles. The number of benzene rings is 2. The molecule has 0 atom stereocenters. The summed E-state index contributed by atoms with van der Waals surface area (Å²) >= 11 is 6.74. The van der Waals surface area contributed by atoms with E-state index in [1.54, 1.807) is 18.2 Å². The Balaban J connectivity index is 2.21. The van der Waals surface area contributed by atoms with Crippen molar-refractivity contribution in [2.75, 3.05) is 5.32 Å². The Hall–Kier alpha value is -1.51. The Morgan fingerprint density at radius 1 is 1.11 bits per heavy atom. The minimum absolute atomic E-state index is 0.226. The number of nitrogens with zero attached hydrogens (tertiary/aromatic N) is 1. The van der Waals surface area contributed by atoms with Gasteiger partial charge in [0.25, 0.3) is 0 Å². The molecule has 0 aliphatic carbocycles. The van der Waals surface area contributed by atoms with Gasteiger partial charge in [0.05, 0.1) is 11.3 Å². The quantitative estimate of drug-likeness (QED) is 0.828. The van der Waals surface area contributed by atoms with Gasteiger partial charge in [0, 0.05) is 21.1 Å². The SMILES string of the molecule is N#Cc1ccc(Br)cc1NCc1cc(Br)ccc1O. The number of phenolic OH excluding ortho intramolecular Hbond substituents is 1. The van der Waals surface area contributed by atoms with Gasteiger partial charge < -0.3 is 10.4 Å². The molecule has 0 heterocycles. The van der Waals surface area contributed by atoms with E-state index in [-0.39, 0.29) is 5.75 Å². The number of phenols is 1. The van der Waals surface area contributed by atoms with Crippen LogP contribution in [0.1, 0.15) is 11.1 Å². The molecule has 0 fully saturated rings. The highest BCUT2D eigenvalue weighted by Crippen LogP contribution is 2.25. The summed E-state index contributed by atoms with van der Waals surface area (Å²) in [7, 11) is 0. The van der Waals surface area contributed by atoms with Crippen molar-refractivity contribution >= 4 is 37.5 Å². The molecule has 0 aromatic heterocycles. The standard InChI is InChI=1S/C14H10Br2N2O/c15-11-3-4-14(19)10(5-11)8-18-13-6-12(16)2-1-9(13)7-17/h1-6,18-19H,8H2. The smallest absolute Gasteiger partial charge is 0.120 e. The van der Waals surface area contributed by atoms with Crippen LogP contribution in [-0.4, -0.2) is 5.11 Å². The van der Waals surface area contributed by atoms with E-state index >= 15 is 0 Å². The molecule has 0 radical (unpaired) electrons. The Morgan fingerprint density at radius 2 is 1.79 bits per heavy atom. The van der Waals surface area contributed by atoms with E-state index < -0.39 is 0 Å². The van der Waals surface area contributed by atoms with E-state index in [2.05, 4.69) is 43.2 Å². The number of hydrogen-bond donors (Lipinski definition) is 2. The lowest BCUT2D eigenvalue weighted by atomic mass is 10.1. The summed E-state index contributed by atoms with van der Waals surface area (Å²) < 4.78 is 1.80. The molecule has 5 heteroatoms. The monoisotopic (exact) mass is 380 g/mol. The number of halogens is 2. The third kappa shape index (κ3) is 3.49. The number of nitriles is 1. The maximum Gasteiger partial charge on any atom is 0.120 e. The Bertz CT molecular complexity index is 650. The second-order valence-corrected chi connectivity index (χ2v) is 5.76. The summed E-state index contributed by atoms with van der Waals surface area (Å²) in [5, 5.41) is 22.0. The van der Waals surface area contributed by atoms with Crippen molar-refractivity contribution in [3.05, 3.63) is 56.5 Å². The molecule has 0 saturated carbocycles. The van der Waals surface area contributed by atoms with Crippen LogP contribution in [0.4, 0.5) is 5.69 Å². The van der Waals surface area contributed by atoms with E-state index in [1.165, 1.54) is 0 Å². The summed E-state index contributed by atoms with van der Waals surface area (Å²) in [6.45, 7) is 0.441. The molecule has 0 saturated heterocycles. The molecule has 2 aromatic rings. The summed E-state index contributed by atoms with van der Waals surface area (Å²) in [6.07, 6.45) is 0. The molecule has 96 valence electrons. The predicted octanol–water partition coefficient (Wildman–Crippen LogP) is 4.40. The number of rotatable bonds is 3. The minimum Gasteiger partial charge on any atom is -0.508 e. The summed E-state index contributed by atoms with van der Waals surface area (Å²) in [5.74, 6) is 0.226. The van der Waals surface area contributed by atoms with Crippen molar-refractivity contribution in [1.29, 1.82) is 5.26 Å². The Morgan fingerprint density at radius 3 is 2.53 bits per heavy atom. The predicted molar refractivity (Wildman–Crippen MR) is 82.0 cm³/mol. The van der Waals surface area contributed by atoms with Gasteiger partial charge in [-0.3, -0.25) is 0 Å². The molecule has 3 nitrogen and oxygen atoms in total. The van der Waals surface area contributed by atoms with Gasteiger partial charge in [-0.25, -0.2) is 0 Å². The van der Waals surface area contributed by atoms with Gasteiger partial charge in [-0.1, -0.05) is 31.9 Å². The molecule has 0 aliphatic rings. The molecule has 2 aromatic carbocycles. The second kappa shape index (κ2) is 6.09. The molecule has 2 N–H and O–H groups in total. The third-order valence-corrected chi connectivity index (χ3v) is 3.60. The highest BCUT2D eigenvalue weighted by molar-refractivity contribution is 9.10. The number of nitrogens with one attached hydrogen (secondary N) is 1. The maximum absolute atomic E-state index is 9.76. The highest BCUT2D eigenvalue weighted by Gasteiger charge is 2.05. The van der Waals surface area contributed by atoms with Gasteiger partial charge in [-0.2, -0.15) is 5.26 Å². The van der Waals surface area contributed by atoms with Gasteiger partial charge in [0.1, 0.15) is 11.8 Å². The van der Waals surface area contributed by atoms with Crippen molar-refractivity contribution in [3.63, 3.8) is 0 Å². The van der Waals surface area contributed by atoms with Crippen molar-refractivity contribution in [2.45, 2.75) is 6.54 Å². The summed E-state index contributed by atoms with van der Waals surface area (Å²) in [6, 6.07) is 12.8. The van der Waals surface area contributed by atoms with Gasteiger partial charge >= 0.3 is 0 Å². The first-order valence-electron chi connectivity index (χ1n) is 5.51. The van der Waals surface area contributed by atoms with Crippen LogP contribution in [0, 0.1) is 11.3 Å². The van der Waals surface area contributed by atoms with Crippen molar-refractivity contribution < 1.29 is 5.11 Å².